The number of carbonyl (C=O) groups is 1. The number of hydrogen-bond donors (Lipinski definition) is 1. The fraction of sp³-hybridized carbons (Fsp3) is 0.577. The molecule has 1 aliphatic heterocycles. The summed E-state index contributed by atoms with van der Waals surface area (Å²) in [6.07, 6.45) is 3.22. The summed E-state index contributed by atoms with van der Waals surface area (Å²) in [5.74, 6) is 1.45. The van der Waals surface area contributed by atoms with E-state index in [2.05, 4.69) is 39.7 Å². The largest absolute Gasteiger partial charge is 0.425 e. The number of hydrogen-bond acceptors (Lipinski definition) is 8. The van der Waals surface area contributed by atoms with Crippen LogP contribution in [-0.4, -0.2) is 75.4 Å². The van der Waals surface area contributed by atoms with Crippen molar-refractivity contribution < 1.29 is 13.9 Å². The van der Waals surface area contributed by atoms with Gasteiger partial charge in [0.05, 0.1) is 17.3 Å². The highest BCUT2D eigenvalue weighted by atomic mass is 16.5. The molecule has 1 aromatic carbocycles. The van der Waals surface area contributed by atoms with E-state index in [1.54, 1.807) is 18.7 Å². The van der Waals surface area contributed by atoms with Gasteiger partial charge in [-0.15, -0.1) is 15.3 Å². The molecule has 2 aromatic heterocycles. The first-order valence-electron chi connectivity index (χ1n) is 12.8. The van der Waals surface area contributed by atoms with Gasteiger partial charge in [0.15, 0.2) is 5.69 Å². The van der Waals surface area contributed by atoms with Gasteiger partial charge in [0.1, 0.15) is 0 Å². The Balaban J connectivity index is 1.62. The van der Waals surface area contributed by atoms with Crippen LogP contribution in [0.1, 0.15) is 67.0 Å². The predicted molar refractivity (Wildman–Crippen MR) is 135 cm³/mol. The number of ether oxygens (including phenoxy) is 1. The normalized spacial score (nSPS) is 18.0. The summed E-state index contributed by atoms with van der Waals surface area (Å²) >= 11 is 0. The number of carbonyl (C=O) groups excluding carboxylic acids is 1. The fourth-order valence-corrected chi connectivity index (χ4v) is 4.76. The van der Waals surface area contributed by atoms with Crippen LogP contribution in [0.25, 0.3) is 5.69 Å². The molecule has 0 unspecified atom stereocenters. The Hall–Kier alpha value is -3.11. The lowest BCUT2D eigenvalue weighted by Crippen LogP contribution is -2.52. The van der Waals surface area contributed by atoms with Gasteiger partial charge < -0.3 is 19.4 Å². The molecule has 0 saturated carbocycles. The number of benzene rings is 1. The molecule has 1 N–H and O–H groups in total. The lowest BCUT2D eigenvalue weighted by atomic mass is 9.93. The number of nitrogens with one attached hydrogen (secondary N) is 1. The molecule has 0 radical (unpaired) electrons. The van der Waals surface area contributed by atoms with Crippen LogP contribution in [0.5, 0.6) is 0 Å². The van der Waals surface area contributed by atoms with E-state index in [1.165, 1.54) is 0 Å². The van der Waals surface area contributed by atoms with E-state index in [9.17, 15) is 4.79 Å². The van der Waals surface area contributed by atoms with Crippen LogP contribution >= 0.6 is 0 Å². The van der Waals surface area contributed by atoms with E-state index in [0.29, 0.717) is 49.5 Å². The zero-order valence-electron chi connectivity index (χ0n) is 21.7. The van der Waals surface area contributed by atoms with E-state index in [0.717, 1.165) is 37.2 Å². The van der Waals surface area contributed by atoms with Gasteiger partial charge >= 0.3 is 0 Å². The van der Waals surface area contributed by atoms with Crippen LogP contribution in [0.4, 0.5) is 0 Å². The smallest absolute Gasteiger partial charge is 0.276 e. The lowest BCUT2D eigenvalue weighted by Gasteiger charge is -2.37. The molecule has 1 amide bonds. The third kappa shape index (κ3) is 6.17. The van der Waals surface area contributed by atoms with Crippen molar-refractivity contribution in [3.63, 3.8) is 0 Å². The molecule has 4 rings (SSSR count). The maximum atomic E-state index is 14.1. The third-order valence-corrected chi connectivity index (χ3v) is 6.46. The molecule has 1 fully saturated rings. The van der Waals surface area contributed by atoms with Crippen molar-refractivity contribution in [2.75, 3.05) is 33.4 Å². The van der Waals surface area contributed by atoms with Gasteiger partial charge in [0.2, 0.25) is 11.8 Å². The molecule has 0 bridgehead atoms. The van der Waals surface area contributed by atoms with Crippen molar-refractivity contribution in [1.29, 1.82) is 0 Å². The monoisotopic (exact) mass is 495 g/mol. The topological polar surface area (TPSA) is 111 Å². The van der Waals surface area contributed by atoms with Gasteiger partial charge in [-0.2, -0.15) is 0 Å². The van der Waals surface area contributed by atoms with E-state index in [4.69, 9.17) is 9.15 Å². The summed E-state index contributed by atoms with van der Waals surface area (Å²) in [6, 6.07) is 9.84. The highest BCUT2D eigenvalue weighted by molar-refractivity contribution is 5.93. The molecule has 2 atom stereocenters. The van der Waals surface area contributed by atoms with Crippen LogP contribution in [0.2, 0.25) is 0 Å². The fourth-order valence-electron chi connectivity index (χ4n) is 4.76. The number of para-hydroxylation sites is 1. The molecular formula is C26H37N7O3. The summed E-state index contributed by atoms with van der Waals surface area (Å²) in [4.78, 5) is 16.1. The van der Waals surface area contributed by atoms with Gasteiger partial charge in [0.25, 0.3) is 5.91 Å². The number of rotatable bonds is 11. The standard InChI is InChI=1S/C26H37N7O3/c1-18(2)17-32(22-14-20(15-27-16-22)25-30-28-19(3)36-25)26(34)24-23(12-8-9-13-35-4)33(31-29-24)21-10-6-5-7-11-21/h5-7,10-11,18,20,22,27H,8-9,12-17H2,1-4H3/t20-,22+/m1/s1. The maximum Gasteiger partial charge on any atom is 0.276 e. The Bertz CT molecular complexity index is 1110. The molecule has 10 heteroatoms. The minimum Gasteiger partial charge on any atom is -0.425 e. The van der Waals surface area contributed by atoms with E-state index < -0.39 is 0 Å². The molecule has 3 heterocycles. The highest BCUT2D eigenvalue weighted by Crippen LogP contribution is 2.27. The van der Waals surface area contributed by atoms with Crippen molar-refractivity contribution in [1.82, 2.24) is 35.4 Å². The SMILES string of the molecule is COCCCCc1c(C(=O)N(CC(C)C)[C@@H]2CNC[C@H](c3nnc(C)o3)C2)nnn1-c1ccccc1. The molecule has 0 spiro atoms. The first-order valence-corrected chi connectivity index (χ1v) is 12.8. The second-order valence-corrected chi connectivity index (χ2v) is 9.84. The van der Waals surface area contributed by atoms with Crippen molar-refractivity contribution in [2.45, 2.75) is 58.4 Å². The number of aromatic nitrogens is 5. The Labute approximate surface area is 212 Å². The Kier molecular flexibility index (Phi) is 8.82. The van der Waals surface area contributed by atoms with Gasteiger partial charge in [-0.05, 0) is 43.7 Å². The van der Waals surface area contributed by atoms with E-state index in [-0.39, 0.29) is 17.9 Å². The van der Waals surface area contributed by atoms with Crippen LogP contribution in [0, 0.1) is 12.8 Å². The molecular weight excluding hydrogens is 458 g/mol. The van der Waals surface area contributed by atoms with E-state index in [1.807, 2.05) is 35.2 Å². The summed E-state index contributed by atoms with van der Waals surface area (Å²) in [7, 11) is 1.70. The second-order valence-electron chi connectivity index (χ2n) is 9.84. The van der Waals surface area contributed by atoms with Gasteiger partial charge in [-0.1, -0.05) is 37.3 Å². The average Bonchev–Trinajstić information content (AvgIpc) is 3.52. The molecule has 194 valence electrons. The minimum absolute atomic E-state index is 0.0194. The molecule has 36 heavy (non-hydrogen) atoms. The van der Waals surface area contributed by atoms with Gasteiger partial charge in [-0.3, -0.25) is 4.79 Å². The van der Waals surface area contributed by atoms with Crippen molar-refractivity contribution in [3.8, 4) is 5.69 Å². The van der Waals surface area contributed by atoms with Crippen molar-refractivity contribution in [3.05, 3.63) is 53.5 Å². The van der Waals surface area contributed by atoms with Crippen LogP contribution in [-0.2, 0) is 11.2 Å². The summed E-state index contributed by atoms with van der Waals surface area (Å²) in [6.45, 7) is 8.81. The quantitative estimate of drug-likeness (QED) is 0.404. The Morgan fingerprint density at radius 3 is 2.69 bits per heavy atom. The summed E-state index contributed by atoms with van der Waals surface area (Å²) in [5.41, 5.74) is 2.16. The van der Waals surface area contributed by atoms with Crippen LogP contribution in [0.15, 0.2) is 34.7 Å². The van der Waals surface area contributed by atoms with Gasteiger partial charge in [0, 0.05) is 46.3 Å². The predicted octanol–water partition coefficient (Wildman–Crippen LogP) is 3.17. The molecule has 10 nitrogen and oxygen atoms in total. The first kappa shape index (κ1) is 26.0. The number of amides is 1. The molecule has 0 aliphatic carbocycles. The number of unbranched alkanes of at least 4 members (excludes halogenated alkanes) is 1. The average molecular weight is 496 g/mol. The minimum atomic E-state index is -0.0817. The highest BCUT2D eigenvalue weighted by Gasteiger charge is 2.35. The van der Waals surface area contributed by atoms with Gasteiger partial charge in [-0.25, -0.2) is 4.68 Å². The number of piperidine rings is 1. The Morgan fingerprint density at radius 1 is 1.19 bits per heavy atom. The zero-order valence-corrected chi connectivity index (χ0v) is 21.7. The number of aryl methyl sites for hydroxylation is 1. The number of methoxy groups -OCH3 is 1. The van der Waals surface area contributed by atoms with E-state index >= 15 is 0 Å². The zero-order chi connectivity index (χ0) is 25.5. The third-order valence-electron chi connectivity index (χ3n) is 6.46. The summed E-state index contributed by atoms with van der Waals surface area (Å²) in [5, 5.41) is 20.5. The summed E-state index contributed by atoms with van der Waals surface area (Å²) < 4.78 is 12.7. The molecule has 3 aromatic rings. The lowest BCUT2D eigenvalue weighted by molar-refractivity contribution is 0.0595. The number of nitrogens with zero attached hydrogens (tertiary/aromatic N) is 6. The van der Waals surface area contributed by atoms with Crippen LogP contribution in [0.3, 0.4) is 0 Å². The second kappa shape index (κ2) is 12.2. The van der Waals surface area contributed by atoms with Crippen molar-refractivity contribution >= 4 is 5.91 Å². The van der Waals surface area contributed by atoms with Crippen LogP contribution < -0.4 is 5.32 Å². The first-order chi connectivity index (χ1) is 17.5. The Morgan fingerprint density at radius 2 is 2.00 bits per heavy atom. The maximum absolute atomic E-state index is 14.1. The molecule has 1 aliphatic rings. The van der Waals surface area contributed by atoms with Crippen molar-refractivity contribution in [2.24, 2.45) is 5.92 Å². The molecule has 1 saturated heterocycles.